The van der Waals surface area contributed by atoms with Crippen LogP contribution in [0.3, 0.4) is 0 Å². The van der Waals surface area contributed by atoms with E-state index in [0.29, 0.717) is 22.2 Å². The zero-order valence-electron chi connectivity index (χ0n) is 12.9. The van der Waals surface area contributed by atoms with Gasteiger partial charge in [-0.2, -0.15) is 0 Å². The number of carbonyl (C=O) groups excluding carboxylic acids is 1. The fourth-order valence-corrected chi connectivity index (χ4v) is 3.37. The van der Waals surface area contributed by atoms with Crippen LogP contribution in [0, 0.1) is 0 Å². The molecule has 0 spiro atoms. The molecule has 3 nitrogen and oxygen atoms in total. The topological polar surface area (TPSA) is 32.3 Å². The Morgan fingerprint density at radius 3 is 2.83 bits per heavy atom. The summed E-state index contributed by atoms with van der Waals surface area (Å²) in [4.78, 5) is 14.7. The summed E-state index contributed by atoms with van der Waals surface area (Å²) in [5.41, 5.74) is 3.11. The summed E-state index contributed by atoms with van der Waals surface area (Å²) in [7, 11) is 2.06. The van der Waals surface area contributed by atoms with E-state index in [1.54, 1.807) is 18.2 Å². The van der Waals surface area contributed by atoms with Crippen LogP contribution in [0.15, 0.2) is 42.5 Å². The van der Waals surface area contributed by atoms with Crippen molar-refractivity contribution in [1.29, 1.82) is 0 Å². The van der Waals surface area contributed by atoms with Gasteiger partial charge in [-0.3, -0.25) is 9.69 Å². The molecule has 0 fully saturated rings. The molecule has 1 amide bonds. The van der Waals surface area contributed by atoms with Crippen LogP contribution in [0.25, 0.3) is 0 Å². The largest absolute Gasteiger partial charge is 0.325 e. The van der Waals surface area contributed by atoms with Crippen LogP contribution in [-0.2, 0) is 11.2 Å². The third kappa shape index (κ3) is 3.52. The Balaban J connectivity index is 1.76. The number of nitrogens with one attached hydrogen (secondary N) is 1. The minimum Gasteiger partial charge on any atom is -0.325 e. The highest BCUT2D eigenvalue weighted by atomic mass is 35.5. The average molecular weight is 349 g/mol. The van der Waals surface area contributed by atoms with Crippen molar-refractivity contribution >= 4 is 34.8 Å². The SMILES string of the molecule is CN1CCc2ccccc2C1CC(=O)Nc1cccc(Cl)c1Cl. The first kappa shape index (κ1) is 16.3. The fraction of sp³-hybridized carbons (Fsp3) is 0.278. The first-order valence-corrected chi connectivity index (χ1v) is 8.34. The second-order valence-corrected chi connectivity index (χ2v) is 6.58. The zero-order valence-corrected chi connectivity index (χ0v) is 14.4. The predicted molar refractivity (Wildman–Crippen MR) is 95.2 cm³/mol. The third-order valence-electron chi connectivity index (χ3n) is 4.28. The average Bonchev–Trinajstić information content (AvgIpc) is 2.54. The second-order valence-electron chi connectivity index (χ2n) is 5.80. The van der Waals surface area contributed by atoms with Crippen molar-refractivity contribution < 1.29 is 4.79 Å². The Bertz CT molecular complexity index is 733. The number of likely N-dealkylation sites (N-methyl/N-ethyl adjacent to an activating group) is 1. The maximum Gasteiger partial charge on any atom is 0.226 e. The molecule has 0 aliphatic carbocycles. The van der Waals surface area contributed by atoms with Crippen molar-refractivity contribution in [3.8, 4) is 0 Å². The Morgan fingerprint density at radius 2 is 2.00 bits per heavy atom. The summed E-state index contributed by atoms with van der Waals surface area (Å²) in [6.45, 7) is 0.951. The molecular weight excluding hydrogens is 331 g/mol. The highest BCUT2D eigenvalue weighted by Gasteiger charge is 2.26. The highest BCUT2D eigenvalue weighted by molar-refractivity contribution is 6.43. The van der Waals surface area contributed by atoms with Gasteiger partial charge in [-0.25, -0.2) is 0 Å². The molecular formula is C18H18Cl2N2O. The van der Waals surface area contributed by atoms with Crippen molar-refractivity contribution in [3.05, 3.63) is 63.6 Å². The summed E-state index contributed by atoms with van der Waals surface area (Å²) in [5.74, 6) is -0.0669. The van der Waals surface area contributed by atoms with Gasteiger partial charge in [0.25, 0.3) is 0 Å². The summed E-state index contributed by atoms with van der Waals surface area (Å²) in [6, 6.07) is 13.6. The summed E-state index contributed by atoms with van der Waals surface area (Å²) >= 11 is 12.1. The Kier molecular flexibility index (Phi) is 4.90. The standard InChI is InChI=1S/C18H18Cl2N2O/c1-22-10-9-12-5-2-3-6-13(12)16(22)11-17(23)21-15-8-4-7-14(19)18(15)20/h2-8,16H,9-11H2,1H3,(H,21,23). The quantitative estimate of drug-likeness (QED) is 0.882. The van der Waals surface area contributed by atoms with Gasteiger partial charge in [-0.05, 0) is 36.7 Å². The first-order valence-electron chi connectivity index (χ1n) is 7.58. The van der Waals surface area contributed by atoms with Crippen molar-refractivity contribution in [3.63, 3.8) is 0 Å². The van der Waals surface area contributed by atoms with Crippen molar-refractivity contribution in [2.24, 2.45) is 0 Å². The number of amides is 1. The van der Waals surface area contributed by atoms with E-state index in [4.69, 9.17) is 23.2 Å². The van der Waals surface area contributed by atoms with Gasteiger partial charge in [0.1, 0.15) is 0 Å². The van der Waals surface area contributed by atoms with Crippen LogP contribution in [0.5, 0.6) is 0 Å². The Morgan fingerprint density at radius 1 is 1.22 bits per heavy atom. The lowest BCUT2D eigenvalue weighted by atomic mass is 9.91. The third-order valence-corrected chi connectivity index (χ3v) is 5.10. The minimum absolute atomic E-state index is 0.0669. The molecule has 0 radical (unpaired) electrons. The lowest BCUT2D eigenvalue weighted by molar-refractivity contribution is -0.117. The molecule has 1 aliphatic heterocycles. The smallest absolute Gasteiger partial charge is 0.226 e. The van der Waals surface area contributed by atoms with E-state index in [1.807, 2.05) is 12.1 Å². The van der Waals surface area contributed by atoms with Crippen LogP contribution in [0.4, 0.5) is 5.69 Å². The molecule has 23 heavy (non-hydrogen) atoms. The monoisotopic (exact) mass is 348 g/mol. The molecule has 120 valence electrons. The number of hydrogen-bond acceptors (Lipinski definition) is 2. The molecule has 0 saturated heterocycles. The molecule has 0 bridgehead atoms. The molecule has 1 heterocycles. The summed E-state index contributed by atoms with van der Waals surface area (Å²) in [5, 5.41) is 3.68. The van der Waals surface area contributed by atoms with Gasteiger partial charge in [0.15, 0.2) is 0 Å². The molecule has 3 rings (SSSR count). The number of benzene rings is 2. The van der Waals surface area contributed by atoms with Gasteiger partial charge >= 0.3 is 0 Å². The summed E-state index contributed by atoms with van der Waals surface area (Å²) < 4.78 is 0. The highest BCUT2D eigenvalue weighted by Crippen LogP contribution is 2.33. The maximum absolute atomic E-state index is 12.5. The molecule has 2 aromatic carbocycles. The second kappa shape index (κ2) is 6.91. The number of carbonyl (C=O) groups is 1. The van der Waals surface area contributed by atoms with Crippen molar-refractivity contribution in [2.45, 2.75) is 18.9 Å². The van der Waals surface area contributed by atoms with E-state index < -0.39 is 0 Å². The van der Waals surface area contributed by atoms with E-state index in [0.717, 1.165) is 13.0 Å². The molecule has 5 heteroatoms. The van der Waals surface area contributed by atoms with Gasteiger partial charge in [-0.1, -0.05) is 53.5 Å². The molecule has 2 aromatic rings. The Labute approximate surface area is 146 Å². The molecule has 1 unspecified atom stereocenters. The maximum atomic E-state index is 12.5. The molecule has 1 N–H and O–H groups in total. The molecule has 1 atom stereocenters. The number of halogens is 2. The number of anilines is 1. The van der Waals surface area contributed by atoms with Crippen LogP contribution in [0.1, 0.15) is 23.6 Å². The molecule has 0 saturated carbocycles. The number of hydrogen-bond donors (Lipinski definition) is 1. The van der Waals surface area contributed by atoms with Gasteiger partial charge in [0.2, 0.25) is 5.91 Å². The molecule has 0 aromatic heterocycles. The normalized spacial score (nSPS) is 17.6. The van der Waals surface area contributed by atoms with Crippen LogP contribution in [-0.4, -0.2) is 24.4 Å². The van der Waals surface area contributed by atoms with Gasteiger partial charge in [0.05, 0.1) is 15.7 Å². The first-order chi connectivity index (χ1) is 11.1. The van der Waals surface area contributed by atoms with Crippen molar-refractivity contribution in [1.82, 2.24) is 4.90 Å². The Hall–Kier alpha value is -1.55. The lowest BCUT2D eigenvalue weighted by Gasteiger charge is -2.34. The predicted octanol–water partition coefficient (Wildman–Crippen LogP) is 4.55. The summed E-state index contributed by atoms with van der Waals surface area (Å²) in [6.07, 6.45) is 1.40. The van der Waals surface area contributed by atoms with Crippen LogP contribution < -0.4 is 5.32 Å². The zero-order chi connectivity index (χ0) is 16.4. The molecule has 1 aliphatic rings. The van der Waals surface area contributed by atoms with Crippen LogP contribution >= 0.6 is 23.2 Å². The number of rotatable bonds is 3. The van der Waals surface area contributed by atoms with Crippen molar-refractivity contribution in [2.75, 3.05) is 18.9 Å². The van der Waals surface area contributed by atoms with E-state index in [9.17, 15) is 4.79 Å². The van der Waals surface area contributed by atoms with Gasteiger partial charge < -0.3 is 5.32 Å². The fourth-order valence-electron chi connectivity index (χ4n) is 3.02. The van der Waals surface area contributed by atoms with E-state index in [1.165, 1.54) is 11.1 Å². The minimum atomic E-state index is -0.0669. The van der Waals surface area contributed by atoms with E-state index in [2.05, 4.69) is 29.4 Å². The number of nitrogens with zero attached hydrogens (tertiary/aromatic N) is 1. The van der Waals surface area contributed by atoms with E-state index in [-0.39, 0.29) is 11.9 Å². The number of fused-ring (bicyclic) bond motifs is 1. The van der Waals surface area contributed by atoms with Gasteiger partial charge in [0, 0.05) is 19.0 Å². The van der Waals surface area contributed by atoms with E-state index >= 15 is 0 Å². The van der Waals surface area contributed by atoms with Gasteiger partial charge in [-0.15, -0.1) is 0 Å². The lowest BCUT2D eigenvalue weighted by Crippen LogP contribution is -2.34. The van der Waals surface area contributed by atoms with Crippen LogP contribution in [0.2, 0.25) is 10.0 Å².